The van der Waals surface area contributed by atoms with Crippen LogP contribution in [0.15, 0.2) is 65.1 Å². The van der Waals surface area contributed by atoms with E-state index in [-0.39, 0.29) is 11.3 Å². The molecule has 0 saturated heterocycles. The van der Waals surface area contributed by atoms with Crippen molar-refractivity contribution in [2.75, 3.05) is 5.32 Å². The fourth-order valence-corrected chi connectivity index (χ4v) is 2.93. The minimum atomic E-state index is -1.17. The summed E-state index contributed by atoms with van der Waals surface area (Å²) in [6.07, 6.45) is -1.17. The molecule has 29 heavy (non-hydrogen) atoms. The van der Waals surface area contributed by atoms with Crippen LogP contribution in [0, 0.1) is 13.8 Å². The van der Waals surface area contributed by atoms with Crippen LogP contribution >= 0.6 is 0 Å². The van der Waals surface area contributed by atoms with Gasteiger partial charge in [0.25, 0.3) is 5.91 Å². The van der Waals surface area contributed by atoms with Crippen LogP contribution in [-0.4, -0.2) is 17.7 Å². The van der Waals surface area contributed by atoms with Crippen molar-refractivity contribution < 1.29 is 23.5 Å². The molecule has 0 aliphatic carbocycles. The number of ether oxygens (including phenoxy) is 1. The van der Waals surface area contributed by atoms with Crippen molar-refractivity contribution in [1.29, 1.82) is 0 Å². The predicted molar refractivity (Wildman–Crippen MR) is 108 cm³/mol. The number of furan rings is 1. The second-order valence-electron chi connectivity index (χ2n) is 6.65. The number of anilines is 1. The first-order valence-corrected chi connectivity index (χ1v) is 9.10. The first-order valence-electron chi connectivity index (χ1n) is 9.10. The van der Waals surface area contributed by atoms with Crippen molar-refractivity contribution in [1.82, 2.24) is 0 Å². The Hall–Kier alpha value is -3.67. The number of amides is 1. The maximum atomic E-state index is 13.0. The van der Waals surface area contributed by atoms with Crippen LogP contribution in [-0.2, 0) is 9.53 Å². The molecule has 1 N–H and O–H groups in total. The quantitative estimate of drug-likeness (QED) is 0.489. The van der Waals surface area contributed by atoms with E-state index in [4.69, 9.17) is 9.15 Å². The maximum Gasteiger partial charge on any atom is 0.342 e. The molecule has 2 aromatic carbocycles. The standard InChI is InChI=1S/C23H21NO5/c1-14-12-20(16(3)28-14)23(27)29-21(17-8-5-4-6-9-17)22(26)24-19-11-7-10-18(13-19)15(2)25/h4-13,21H,1-3H3,(H,24,26)/t21-/m1/s1. The second-order valence-corrected chi connectivity index (χ2v) is 6.65. The molecule has 3 rings (SSSR count). The van der Waals surface area contributed by atoms with Crippen LogP contribution in [0.25, 0.3) is 0 Å². The molecular formula is C23H21NO5. The van der Waals surface area contributed by atoms with Crippen LogP contribution in [0.2, 0.25) is 0 Å². The fraction of sp³-hybridized carbons (Fsp3) is 0.174. The number of benzene rings is 2. The van der Waals surface area contributed by atoms with E-state index in [1.54, 1.807) is 74.5 Å². The molecule has 1 atom stereocenters. The van der Waals surface area contributed by atoms with Gasteiger partial charge in [0.05, 0.1) is 0 Å². The fourth-order valence-electron chi connectivity index (χ4n) is 2.93. The van der Waals surface area contributed by atoms with E-state index in [0.29, 0.717) is 28.3 Å². The molecule has 1 heterocycles. The highest BCUT2D eigenvalue weighted by Gasteiger charge is 2.27. The van der Waals surface area contributed by atoms with Gasteiger partial charge in [-0.05, 0) is 39.0 Å². The van der Waals surface area contributed by atoms with Gasteiger partial charge in [0.2, 0.25) is 6.10 Å². The van der Waals surface area contributed by atoms with E-state index in [9.17, 15) is 14.4 Å². The van der Waals surface area contributed by atoms with Gasteiger partial charge < -0.3 is 14.5 Å². The summed E-state index contributed by atoms with van der Waals surface area (Å²) in [6, 6.07) is 16.9. The molecule has 6 heteroatoms. The number of carbonyl (C=O) groups excluding carboxylic acids is 3. The summed E-state index contributed by atoms with van der Waals surface area (Å²) in [4.78, 5) is 37.2. The lowest BCUT2D eigenvalue weighted by Gasteiger charge is -2.18. The summed E-state index contributed by atoms with van der Waals surface area (Å²) in [6.45, 7) is 4.84. The summed E-state index contributed by atoms with van der Waals surface area (Å²) < 4.78 is 10.9. The number of carbonyl (C=O) groups is 3. The molecule has 0 spiro atoms. The van der Waals surface area contributed by atoms with Gasteiger partial charge in [-0.2, -0.15) is 0 Å². The minimum absolute atomic E-state index is 0.113. The second kappa shape index (κ2) is 8.56. The van der Waals surface area contributed by atoms with Crippen molar-refractivity contribution in [2.24, 2.45) is 0 Å². The number of hydrogen-bond acceptors (Lipinski definition) is 5. The zero-order valence-electron chi connectivity index (χ0n) is 16.4. The third kappa shape index (κ3) is 4.79. The van der Waals surface area contributed by atoms with Crippen LogP contribution in [0.4, 0.5) is 5.69 Å². The summed E-state index contributed by atoms with van der Waals surface area (Å²) in [5, 5.41) is 2.72. The summed E-state index contributed by atoms with van der Waals surface area (Å²) >= 11 is 0. The molecule has 1 aromatic heterocycles. The number of nitrogens with one attached hydrogen (secondary N) is 1. The Kier molecular flexibility index (Phi) is 5.93. The predicted octanol–water partition coefficient (Wildman–Crippen LogP) is 4.64. The molecule has 0 bridgehead atoms. The third-order valence-corrected chi connectivity index (χ3v) is 4.36. The van der Waals surface area contributed by atoms with Gasteiger partial charge in [-0.3, -0.25) is 9.59 Å². The first kappa shape index (κ1) is 20.1. The first-order chi connectivity index (χ1) is 13.8. The minimum Gasteiger partial charge on any atom is -0.466 e. The molecule has 0 aliphatic rings. The SMILES string of the molecule is CC(=O)c1cccc(NC(=O)[C@H](OC(=O)c2cc(C)oc2C)c2ccccc2)c1. The Morgan fingerprint density at radius 1 is 0.966 bits per heavy atom. The van der Waals surface area contributed by atoms with Crippen LogP contribution in [0.3, 0.4) is 0 Å². The number of aryl methyl sites for hydroxylation is 2. The number of rotatable bonds is 6. The van der Waals surface area contributed by atoms with E-state index in [1.165, 1.54) is 6.92 Å². The third-order valence-electron chi connectivity index (χ3n) is 4.36. The Labute approximate surface area is 168 Å². The Balaban J connectivity index is 1.86. The molecule has 6 nitrogen and oxygen atoms in total. The van der Waals surface area contributed by atoms with Crippen LogP contribution < -0.4 is 5.32 Å². The van der Waals surface area contributed by atoms with Gasteiger partial charge >= 0.3 is 5.97 Å². The molecule has 3 aromatic rings. The number of esters is 1. The Morgan fingerprint density at radius 2 is 1.69 bits per heavy atom. The van der Waals surface area contributed by atoms with Crippen molar-refractivity contribution >= 4 is 23.3 Å². The zero-order chi connectivity index (χ0) is 21.0. The van der Waals surface area contributed by atoms with Gasteiger partial charge in [-0.25, -0.2) is 4.79 Å². The highest BCUT2D eigenvalue weighted by atomic mass is 16.5. The van der Waals surface area contributed by atoms with E-state index < -0.39 is 18.0 Å². The highest BCUT2D eigenvalue weighted by Crippen LogP contribution is 2.24. The Morgan fingerprint density at radius 3 is 2.31 bits per heavy atom. The lowest BCUT2D eigenvalue weighted by molar-refractivity contribution is -0.125. The van der Waals surface area contributed by atoms with Gasteiger partial charge in [0.1, 0.15) is 17.1 Å². The molecule has 0 aliphatic heterocycles. The van der Waals surface area contributed by atoms with Crippen molar-refractivity contribution in [3.63, 3.8) is 0 Å². The number of hydrogen-bond donors (Lipinski definition) is 1. The molecule has 0 saturated carbocycles. The van der Waals surface area contributed by atoms with E-state index >= 15 is 0 Å². The summed E-state index contributed by atoms with van der Waals surface area (Å²) in [7, 11) is 0. The maximum absolute atomic E-state index is 13.0. The largest absolute Gasteiger partial charge is 0.466 e. The van der Waals surface area contributed by atoms with Gasteiger partial charge in [0.15, 0.2) is 5.78 Å². The zero-order valence-corrected chi connectivity index (χ0v) is 16.4. The van der Waals surface area contributed by atoms with Crippen LogP contribution in [0.1, 0.15) is 50.8 Å². The normalized spacial score (nSPS) is 11.6. The lowest BCUT2D eigenvalue weighted by Crippen LogP contribution is -2.26. The highest BCUT2D eigenvalue weighted by molar-refractivity contribution is 6.00. The van der Waals surface area contributed by atoms with Gasteiger partial charge in [-0.15, -0.1) is 0 Å². The van der Waals surface area contributed by atoms with Crippen molar-refractivity contribution in [3.05, 3.63) is 88.9 Å². The number of Topliss-reactive ketones (excluding diaryl/α,β-unsaturated/α-hetero) is 1. The molecule has 1 amide bonds. The smallest absolute Gasteiger partial charge is 0.342 e. The summed E-state index contributed by atoms with van der Waals surface area (Å²) in [5.74, 6) is -0.285. The summed E-state index contributed by atoms with van der Waals surface area (Å²) in [5.41, 5.74) is 1.71. The van der Waals surface area contributed by atoms with Gasteiger partial charge in [-0.1, -0.05) is 42.5 Å². The van der Waals surface area contributed by atoms with E-state index in [2.05, 4.69) is 5.32 Å². The molecule has 148 valence electrons. The van der Waals surface area contributed by atoms with E-state index in [1.807, 2.05) is 0 Å². The van der Waals surface area contributed by atoms with Crippen LogP contribution in [0.5, 0.6) is 0 Å². The molecule has 0 fully saturated rings. The molecule has 0 radical (unpaired) electrons. The van der Waals surface area contributed by atoms with Crippen molar-refractivity contribution in [2.45, 2.75) is 26.9 Å². The topological polar surface area (TPSA) is 85.6 Å². The molecular weight excluding hydrogens is 370 g/mol. The molecule has 0 unspecified atom stereocenters. The Bertz CT molecular complexity index is 1050. The average Bonchev–Trinajstić information content (AvgIpc) is 3.05. The van der Waals surface area contributed by atoms with E-state index in [0.717, 1.165) is 0 Å². The van der Waals surface area contributed by atoms with Gasteiger partial charge in [0, 0.05) is 16.8 Å². The number of ketones is 1. The monoisotopic (exact) mass is 391 g/mol. The van der Waals surface area contributed by atoms with Crippen molar-refractivity contribution in [3.8, 4) is 0 Å². The average molecular weight is 391 g/mol. The lowest BCUT2D eigenvalue weighted by atomic mass is 10.1.